The highest BCUT2D eigenvalue weighted by Crippen LogP contribution is 2.29. The average molecular weight is 373 g/mol. The lowest BCUT2D eigenvalue weighted by Gasteiger charge is -2.33. The Morgan fingerprint density at radius 1 is 1.19 bits per heavy atom. The van der Waals surface area contributed by atoms with Crippen LogP contribution in [0, 0.1) is 0 Å². The van der Waals surface area contributed by atoms with Crippen molar-refractivity contribution < 1.29 is 19.1 Å². The normalized spacial score (nSPS) is 20.7. The Hall–Kier alpha value is -2.54. The number of amides is 2. The van der Waals surface area contributed by atoms with Crippen LogP contribution in [0.2, 0.25) is 0 Å². The molecule has 1 saturated heterocycles. The minimum Gasteiger partial charge on any atom is -0.494 e. The first kappa shape index (κ1) is 19.2. The molecule has 0 saturated carbocycles. The molecule has 1 atom stereocenters. The van der Waals surface area contributed by atoms with Crippen LogP contribution in [0.1, 0.15) is 37.8 Å². The van der Waals surface area contributed by atoms with Crippen LogP contribution in [0.25, 0.3) is 0 Å². The van der Waals surface area contributed by atoms with E-state index in [4.69, 9.17) is 9.47 Å². The van der Waals surface area contributed by atoms with E-state index >= 15 is 0 Å². The van der Waals surface area contributed by atoms with E-state index in [-0.39, 0.29) is 6.03 Å². The zero-order chi connectivity index (χ0) is 19.2. The molecule has 0 aromatic heterocycles. The monoisotopic (exact) mass is 373 g/mol. The standard InChI is InChI=1S/C20H27N3O4/c1-3-27-15-9-7-14(8-10-15)18-17(19(24)26-2)16(21-20(25)22-18)13-23-11-5-4-6-12-23/h7-10,18H,3-6,11-13H2,1-2H3,(H2,21,22,25). The van der Waals surface area contributed by atoms with Gasteiger partial charge in [-0.05, 0) is 50.6 Å². The molecule has 2 aliphatic heterocycles. The Labute approximate surface area is 159 Å². The average Bonchev–Trinajstić information content (AvgIpc) is 2.69. The highest BCUT2D eigenvalue weighted by molar-refractivity contribution is 5.95. The van der Waals surface area contributed by atoms with Crippen molar-refractivity contribution in [2.24, 2.45) is 0 Å². The van der Waals surface area contributed by atoms with E-state index in [9.17, 15) is 9.59 Å². The highest BCUT2D eigenvalue weighted by atomic mass is 16.5. The van der Waals surface area contributed by atoms with Crippen LogP contribution in [-0.4, -0.2) is 50.3 Å². The molecule has 2 aliphatic rings. The summed E-state index contributed by atoms with van der Waals surface area (Å²) in [5.41, 5.74) is 1.88. The first-order valence-electron chi connectivity index (χ1n) is 9.46. The number of rotatable bonds is 6. The van der Waals surface area contributed by atoms with Gasteiger partial charge in [-0.25, -0.2) is 9.59 Å². The Balaban J connectivity index is 1.92. The second-order valence-corrected chi connectivity index (χ2v) is 6.75. The van der Waals surface area contributed by atoms with Crippen LogP contribution in [0.5, 0.6) is 5.75 Å². The molecule has 1 aromatic carbocycles. The highest BCUT2D eigenvalue weighted by Gasteiger charge is 2.34. The molecule has 0 aliphatic carbocycles. The second kappa shape index (κ2) is 8.90. The number of methoxy groups -OCH3 is 1. The molecule has 7 nitrogen and oxygen atoms in total. The maximum absolute atomic E-state index is 12.6. The fourth-order valence-electron chi connectivity index (χ4n) is 3.61. The molecule has 0 bridgehead atoms. The van der Waals surface area contributed by atoms with Crippen LogP contribution in [0.15, 0.2) is 35.5 Å². The first-order valence-corrected chi connectivity index (χ1v) is 9.46. The summed E-state index contributed by atoms with van der Waals surface area (Å²) in [6, 6.07) is 6.54. The van der Waals surface area contributed by atoms with Crippen molar-refractivity contribution in [3.8, 4) is 5.75 Å². The molecule has 2 amide bonds. The van der Waals surface area contributed by atoms with Gasteiger partial charge in [0.15, 0.2) is 0 Å². The quantitative estimate of drug-likeness (QED) is 0.749. The summed E-state index contributed by atoms with van der Waals surface area (Å²) in [5, 5.41) is 5.67. The number of hydrogen-bond acceptors (Lipinski definition) is 5. The number of hydrogen-bond donors (Lipinski definition) is 2. The van der Waals surface area contributed by atoms with Crippen molar-refractivity contribution in [1.82, 2.24) is 15.5 Å². The second-order valence-electron chi connectivity index (χ2n) is 6.75. The summed E-state index contributed by atoms with van der Waals surface area (Å²) in [6.45, 7) is 4.97. The summed E-state index contributed by atoms with van der Waals surface area (Å²) in [7, 11) is 1.36. The third-order valence-electron chi connectivity index (χ3n) is 4.91. The van der Waals surface area contributed by atoms with Gasteiger partial charge in [0.2, 0.25) is 0 Å². The Bertz CT molecular complexity index is 708. The van der Waals surface area contributed by atoms with Crippen LogP contribution < -0.4 is 15.4 Å². The SMILES string of the molecule is CCOc1ccc(C2NC(=O)NC(CN3CCCCC3)=C2C(=O)OC)cc1. The number of ether oxygens (including phenoxy) is 2. The lowest BCUT2D eigenvalue weighted by Crippen LogP contribution is -2.48. The summed E-state index contributed by atoms with van der Waals surface area (Å²) in [6.07, 6.45) is 3.49. The minimum absolute atomic E-state index is 0.312. The van der Waals surface area contributed by atoms with Crippen molar-refractivity contribution in [2.75, 3.05) is 33.4 Å². The predicted molar refractivity (Wildman–Crippen MR) is 101 cm³/mol. The molecule has 1 fully saturated rings. The van der Waals surface area contributed by atoms with Crippen molar-refractivity contribution in [1.29, 1.82) is 0 Å². The third-order valence-corrected chi connectivity index (χ3v) is 4.91. The maximum atomic E-state index is 12.6. The van der Waals surface area contributed by atoms with Gasteiger partial charge in [0, 0.05) is 12.2 Å². The topological polar surface area (TPSA) is 79.9 Å². The molecule has 2 heterocycles. The van der Waals surface area contributed by atoms with E-state index < -0.39 is 12.0 Å². The molecule has 1 aromatic rings. The number of carbonyl (C=O) groups is 2. The van der Waals surface area contributed by atoms with E-state index in [0.717, 1.165) is 37.2 Å². The lowest BCUT2D eigenvalue weighted by molar-refractivity contribution is -0.136. The number of nitrogens with zero attached hydrogens (tertiary/aromatic N) is 1. The Morgan fingerprint density at radius 3 is 2.52 bits per heavy atom. The van der Waals surface area contributed by atoms with Gasteiger partial charge >= 0.3 is 12.0 Å². The number of urea groups is 1. The number of esters is 1. The van der Waals surface area contributed by atoms with Gasteiger partial charge in [0.25, 0.3) is 0 Å². The van der Waals surface area contributed by atoms with Gasteiger partial charge in [-0.3, -0.25) is 4.90 Å². The van der Waals surface area contributed by atoms with E-state index in [0.29, 0.717) is 24.4 Å². The van der Waals surface area contributed by atoms with Crippen LogP contribution in [0.3, 0.4) is 0 Å². The van der Waals surface area contributed by atoms with Crippen LogP contribution >= 0.6 is 0 Å². The van der Waals surface area contributed by atoms with Gasteiger partial charge in [-0.2, -0.15) is 0 Å². The molecule has 146 valence electrons. The smallest absolute Gasteiger partial charge is 0.338 e. The first-order chi connectivity index (χ1) is 13.1. The van der Waals surface area contributed by atoms with E-state index in [1.807, 2.05) is 31.2 Å². The van der Waals surface area contributed by atoms with Gasteiger partial charge in [-0.15, -0.1) is 0 Å². The summed E-state index contributed by atoms with van der Waals surface area (Å²) in [5.74, 6) is 0.312. The molecule has 2 N–H and O–H groups in total. The number of carbonyl (C=O) groups excluding carboxylic acids is 2. The molecular weight excluding hydrogens is 346 g/mol. The summed E-state index contributed by atoms with van der Waals surface area (Å²) >= 11 is 0. The third kappa shape index (κ3) is 4.60. The number of piperidine rings is 1. The predicted octanol–water partition coefficient (Wildman–Crippen LogP) is 2.35. The molecule has 0 spiro atoms. The van der Waals surface area contributed by atoms with Gasteiger partial charge in [0.1, 0.15) is 5.75 Å². The molecule has 3 rings (SSSR count). The lowest BCUT2D eigenvalue weighted by atomic mass is 9.94. The zero-order valence-electron chi connectivity index (χ0n) is 15.9. The van der Waals surface area contributed by atoms with Crippen molar-refractivity contribution >= 4 is 12.0 Å². The van der Waals surface area contributed by atoms with Gasteiger partial charge in [0.05, 0.1) is 25.3 Å². The zero-order valence-corrected chi connectivity index (χ0v) is 15.9. The maximum Gasteiger partial charge on any atom is 0.338 e. The summed E-state index contributed by atoms with van der Waals surface area (Å²) in [4.78, 5) is 27.1. The van der Waals surface area contributed by atoms with Gasteiger partial charge in [-0.1, -0.05) is 18.6 Å². The molecule has 1 unspecified atom stereocenters. The van der Waals surface area contributed by atoms with Gasteiger partial charge < -0.3 is 20.1 Å². The molecule has 27 heavy (non-hydrogen) atoms. The van der Waals surface area contributed by atoms with E-state index in [1.165, 1.54) is 13.5 Å². The number of nitrogens with one attached hydrogen (secondary N) is 2. The molecule has 7 heteroatoms. The summed E-state index contributed by atoms with van der Waals surface area (Å²) < 4.78 is 10.5. The number of benzene rings is 1. The van der Waals surface area contributed by atoms with Crippen LogP contribution in [0.4, 0.5) is 4.79 Å². The van der Waals surface area contributed by atoms with Crippen molar-refractivity contribution in [2.45, 2.75) is 32.2 Å². The van der Waals surface area contributed by atoms with E-state index in [2.05, 4.69) is 15.5 Å². The van der Waals surface area contributed by atoms with E-state index in [1.54, 1.807) is 0 Å². The molecule has 0 radical (unpaired) electrons. The largest absolute Gasteiger partial charge is 0.494 e. The number of likely N-dealkylation sites (tertiary alicyclic amines) is 1. The van der Waals surface area contributed by atoms with Crippen molar-refractivity contribution in [3.05, 3.63) is 41.1 Å². The van der Waals surface area contributed by atoms with Crippen LogP contribution in [-0.2, 0) is 9.53 Å². The Morgan fingerprint density at radius 2 is 1.89 bits per heavy atom. The molecular formula is C20H27N3O4. The fourth-order valence-corrected chi connectivity index (χ4v) is 3.61. The fraction of sp³-hybridized carbons (Fsp3) is 0.500. The minimum atomic E-state index is -0.554. The van der Waals surface area contributed by atoms with Crippen molar-refractivity contribution in [3.63, 3.8) is 0 Å². The Kier molecular flexibility index (Phi) is 6.34.